The average molecular weight is 448 g/mol. The molecule has 0 unspecified atom stereocenters. The number of hydrogen-bond donors (Lipinski definition) is 1. The van der Waals surface area contributed by atoms with Crippen molar-refractivity contribution in [2.24, 2.45) is 0 Å². The van der Waals surface area contributed by atoms with Crippen molar-refractivity contribution in [3.8, 4) is 5.75 Å². The first kappa shape index (κ1) is 23.6. The summed E-state index contributed by atoms with van der Waals surface area (Å²) in [7, 11) is -2.60. The summed E-state index contributed by atoms with van der Waals surface area (Å²) in [4.78, 5) is 12.2. The molecule has 0 spiro atoms. The van der Waals surface area contributed by atoms with E-state index in [1.807, 2.05) is 0 Å². The minimum atomic E-state index is -4.93. The number of nitrogens with one attached hydrogen (secondary N) is 1. The van der Waals surface area contributed by atoms with Gasteiger partial charge in [0.1, 0.15) is 11.6 Å². The third-order valence-electron chi connectivity index (χ3n) is 4.23. The molecule has 0 saturated carbocycles. The predicted octanol–water partition coefficient (Wildman–Crippen LogP) is 3.81. The lowest BCUT2D eigenvalue weighted by molar-refractivity contribution is -0.140. The molecule has 6 nitrogen and oxygen atoms in total. The topological polar surface area (TPSA) is 75.7 Å². The Morgan fingerprint density at radius 2 is 1.83 bits per heavy atom. The fraction of sp³-hybridized carbons (Fsp3) is 0.316. The smallest absolute Gasteiger partial charge is 0.419 e. The van der Waals surface area contributed by atoms with Crippen molar-refractivity contribution in [1.82, 2.24) is 4.31 Å². The van der Waals surface area contributed by atoms with Gasteiger partial charge in [0.2, 0.25) is 15.9 Å². The van der Waals surface area contributed by atoms with Gasteiger partial charge >= 0.3 is 6.18 Å². The normalized spacial score (nSPS) is 12.1. The molecule has 1 N–H and O–H groups in total. The maximum absolute atomic E-state index is 13.4. The fourth-order valence-electron chi connectivity index (χ4n) is 2.71. The molecule has 0 aliphatic carbocycles. The Labute approximate surface area is 171 Å². The van der Waals surface area contributed by atoms with Crippen molar-refractivity contribution in [2.75, 3.05) is 25.5 Å². The van der Waals surface area contributed by atoms with E-state index in [9.17, 15) is 30.8 Å². The lowest BCUT2D eigenvalue weighted by Gasteiger charge is -2.21. The Bertz CT molecular complexity index is 1040. The van der Waals surface area contributed by atoms with Gasteiger partial charge in [0, 0.05) is 12.2 Å². The van der Waals surface area contributed by atoms with Crippen LogP contribution < -0.4 is 10.1 Å². The van der Waals surface area contributed by atoms with E-state index in [-0.39, 0.29) is 17.1 Å². The largest absolute Gasteiger partial charge is 0.496 e. The van der Waals surface area contributed by atoms with Gasteiger partial charge in [-0.05, 0) is 48.9 Å². The van der Waals surface area contributed by atoms with E-state index >= 15 is 0 Å². The summed E-state index contributed by atoms with van der Waals surface area (Å²) in [6.07, 6.45) is -4.93. The number of methoxy groups -OCH3 is 1. The molecule has 0 aliphatic rings. The zero-order valence-electron chi connectivity index (χ0n) is 16.4. The quantitative estimate of drug-likeness (QED) is 0.654. The van der Waals surface area contributed by atoms with Crippen molar-refractivity contribution in [1.29, 1.82) is 0 Å². The predicted molar refractivity (Wildman–Crippen MR) is 102 cm³/mol. The van der Waals surface area contributed by atoms with Crippen molar-refractivity contribution < 1.29 is 35.5 Å². The molecule has 0 radical (unpaired) electrons. The summed E-state index contributed by atoms with van der Waals surface area (Å²) >= 11 is 0. The van der Waals surface area contributed by atoms with E-state index < -0.39 is 40.0 Å². The van der Waals surface area contributed by atoms with E-state index in [1.165, 1.54) is 32.2 Å². The highest BCUT2D eigenvalue weighted by Gasteiger charge is 2.34. The molecule has 0 saturated heterocycles. The van der Waals surface area contributed by atoms with Crippen LogP contribution in [0.5, 0.6) is 5.75 Å². The van der Waals surface area contributed by atoms with E-state index in [0.717, 1.165) is 10.4 Å². The molecule has 1 amide bonds. The van der Waals surface area contributed by atoms with Crippen molar-refractivity contribution in [2.45, 2.75) is 24.9 Å². The second-order valence-electron chi connectivity index (χ2n) is 6.30. The molecule has 0 aliphatic heterocycles. The van der Waals surface area contributed by atoms with Crippen LogP contribution in [0.3, 0.4) is 0 Å². The number of likely N-dealkylation sites (N-methyl/N-ethyl adjacent to an activating group) is 1. The number of rotatable bonds is 7. The average Bonchev–Trinajstić information content (AvgIpc) is 2.66. The molecule has 0 heterocycles. The maximum Gasteiger partial charge on any atom is 0.419 e. The minimum Gasteiger partial charge on any atom is -0.496 e. The molecule has 0 atom stereocenters. The number of anilines is 1. The van der Waals surface area contributed by atoms with E-state index in [1.54, 1.807) is 6.92 Å². The lowest BCUT2D eigenvalue weighted by Crippen LogP contribution is -2.37. The highest BCUT2D eigenvalue weighted by Crippen LogP contribution is 2.33. The highest BCUT2D eigenvalue weighted by molar-refractivity contribution is 7.89. The summed E-state index contributed by atoms with van der Waals surface area (Å²) < 4.78 is 83.5. The van der Waals surface area contributed by atoms with Crippen LogP contribution in [-0.2, 0) is 21.0 Å². The monoisotopic (exact) mass is 448 g/mol. The number of sulfonamides is 1. The number of alkyl halides is 3. The van der Waals surface area contributed by atoms with Gasteiger partial charge in [0.15, 0.2) is 0 Å². The standard InChI is InChI=1S/C19H20F4N2O4S/c1-4-25(30(27,28)14-6-8-17(29-3)12(2)9-14)11-18(26)24-13-5-7-16(20)15(10-13)19(21,22)23/h5-10H,4,11H2,1-3H3,(H,24,26). The Hall–Kier alpha value is -2.66. The van der Waals surface area contributed by atoms with Gasteiger partial charge < -0.3 is 10.1 Å². The van der Waals surface area contributed by atoms with Crippen LogP contribution in [0.2, 0.25) is 0 Å². The first-order valence-corrected chi connectivity index (χ1v) is 10.2. The second kappa shape index (κ2) is 9.00. The maximum atomic E-state index is 13.4. The molecule has 11 heteroatoms. The van der Waals surface area contributed by atoms with Crippen molar-refractivity contribution >= 4 is 21.6 Å². The van der Waals surface area contributed by atoms with Crippen LogP contribution in [0, 0.1) is 12.7 Å². The van der Waals surface area contributed by atoms with E-state index in [0.29, 0.717) is 23.4 Å². The third kappa shape index (κ3) is 5.28. The Kier molecular flexibility index (Phi) is 7.09. The summed E-state index contributed by atoms with van der Waals surface area (Å²) in [5.41, 5.74) is -1.26. The molecule has 2 rings (SSSR count). The number of carbonyl (C=O) groups excluding carboxylic acids is 1. The van der Waals surface area contributed by atoms with E-state index in [4.69, 9.17) is 4.74 Å². The zero-order valence-corrected chi connectivity index (χ0v) is 17.2. The fourth-order valence-corrected chi connectivity index (χ4v) is 4.20. The molecule has 30 heavy (non-hydrogen) atoms. The molecule has 0 bridgehead atoms. The van der Waals surface area contributed by atoms with E-state index in [2.05, 4.69) is 5.32 Å². The molecule has 2 aromatic carbocycles. The highest BCUT2D eigenvalue weighted by atomic mass is 32.2. The van der Waals surface area contributed by atoms with Gasteiger partial charge in [-0.2, -0.15) is 17.5 Å². The Morgan fingerprint density at radius 3 is 2.37 bits per heavy atom. The van der Waals surface area contributed by atoms with Crippen LogP contribution in [-0.4, -0.2) is 38.8 Å². The number of aryl methyl sites for hydroxylation is 1. The first-order valence-electron chi connectivity index (χ1n) is 8.71. The number of ether oxygens (including phenoxy) is 1. The summed E-state index contributed by atoms with van der Waals surface area (Å²) in [5.74, 6) is -1.86. The van der Waals surface area contributed by atoms with Crippen LogP contribution in [0.1, 0.15) is 18.1 Å². The number of carbonyl (C=O) groups is 1. The number of nitrogens with zero attached hydrogens (tertiary/aromatic N) is 1. The second-order valence-corrected chi connectivity index (χ2v) is 8.24. The van der Waals surface area contributed by atoms with Crippen molar-refractivity contribution in [3.63, 3.8) is 0 Å². The number of halogens is 4. The Balaban J connectivity index is 2.21. The lowest BCUT2D eigenvalue weighted by atomic mass is 10.2. The molecule has 0 fully saturated rings. The minimum absolute atomic E-state index is 0.0575. The summed E-state index contributed by atoms with van der Waals surface area (Å²) in [5, 5.41) is 2.17. The van der Waals surface area contributed by atoms with Gasteiger partial charge in [-0.1, -0.05) is 6.92 Å². The molecule has 0 aromatic heterocycles. The third-order valence-corrected chi connectivity index (χ3v) is 6.15. The zero-order chi connectivity index (χ0) is 22.7. The van der Waals surface area contributed by atoms with Crippen LogP contribution in [0.25, 0.3) is 0 Å². The molecule has 2 aromatic rings. The van der Waals surface area contributed by atoms with Crippen LogP contribution >= 0.6 is 0 Å². The van der Waals surface area contributed by atoms with Gasteiger partial charge in [0.25, 0.3) is 0 Å². The summed E-state index contributed by atoms with van der Waals surface area (Å²) in [6, 6.07) is 6.19. The number of hydrogen-bond acceptors (Lipinski definition) is 4. The first-order chi connectivity index (χ1) is 13.9. The van der Waals surface area contributed by atoms with Crippen LogP contribution in [0.15, 0.2) is 41.3 Å². The van der Waals surface area contributed by atoms with Crippen molar-refractivity contribution in [3.05, 3.63) is 53.3 Å². The van der Waals surface area contributed by atoms with Crippen LogP contribution in [0.4, 0.5) is 23.2 Å². The summed E-state index contributed by atoms with van der Waals surface area (Å²) in [6.45, 7) is 2.48. The molecular formula is C19H20F4N2O4S. The molecular weight excluding hydrogens is 428 g/mol. The van der Waals surface area contributed by atoms with Gasteiger partial charge in [-0.3, -0.25) is 4.79 Å². The number of amides is 1. The number of benzene rings is 2. The molecule has 164 valence electrons. The van der Waals surface area contributed by atoms with Gasteiger partial charge in [0.05, 0.1) is 24.1 Å². The van der Waals surface area contributed by atoms with Gasteiger partial charge in [-0.25, -0.2) is 12.8 Å². The van der Waals surface area contributed by atoms with Gasteiger partial charge in [-0.15, -0.1) is 0 Å². The Morgan fingerprint density at radius 1 is 1.17 bits per heavy atom. The SMILES string of the molecule is CCN(CC(=O)Nc1ccc(F)c(C(F)(F)F)c1)S(=O)(=O)c1ccc(OC)c(C)c1.